The minimum Gasteiger partial charge on any atom is -0.393 e. The first-order valence-corrected chi connectivity index (χ1v) is 9.72. The Morgan fingerprint density at radius 1 is 1.21 bits per heavy atom. The molecule has 0 radical (unpaired) electrons. The lowest BCUT2D eigenvalue weighted by molar-refractivity contribution is -0.121. The van der Waals surface area contributed by atoms with Gasteiger partial charge in [-0.3, -0.25) is 9.36 Å². The SMILES string of the molecule is CC[C@@]1(CO)O[C@@H](n2ccc(=O)n(COCc3ccccc3)c2=O)[C@H](OC)[C@@H]1C. The zero-order valence-corrected chi connectivity index (χ0v) is 17.0. The monoisotopic (exact) mass is 404 g/mol. The third kappa shape index (κ3) is 4.06. The van der Waals surface area contributed by atoms with Crippen molar-refractivity contribution in [1.29, 1.82) is 0 Å². The van der Waals surface area contributed by atoms with Gasteiger partial charge in [-0.1, -0.05) is 44.2 Å². The molecule has 8 heteroatoms. The number of aliphatic hydroxyl groups is 1. The first kappa shape index (κ1) is 21.4. The minimum absolute atomic E-state index is 0.144. The van der Waals surface area contributed by atoms with E-state index in [1.54, 1.807) is 7.11 Å². The number of benzene rings is 1. The van der Waals surface area contributed by atoms with Gasteiger partial charge in [0.1, 0.15) is 12.8 Å². The van der Waals surface area contributed by atoms with Crippen molar-refractivity contribution in [2.45, 2.75) is 51.5 Å². The summed E-state index contributed by atoms with van der Waals surface area (Å²) in [6.45, 7) is 3.77. The molecule has 0 aliphatic carbocycles. The van der Waals surface area contributed by atoms with Crippen molar-refractivity contribution in [1.82, 2.24) is 9.13 Å². The number of ether oxygens (including phenoxy) is 3. The molecule has 1 fully saturated rings. The molecule has 1 aliphatic heterocycles. The molecule has 1 aromatic carbocycles. The summed E-state index contributed by atoms with van der Waals surface area (Å²) in [4.78, 5) is 25.3. The third-order valence-electron chi connectivity index (χ3n) is 5.80. The zero-order chi connectivity index (χ0) is 21.0. The Labute approximate surface area is 169 Å². The average Bonchev–Trinajstić information content (AvgIpc) is 3.03. The Balaban J connectivity index is 1.86. The van der Waals surface area contributed by atoms with Crippen LogP contribution in [0.3, 0.4) is 0 Å². The molecule has 0 bridgehead atoms. The van der Waals surface area contributed by atoms with E-state index in [1.165, 1.54) is 16.8 Å². The lowest BCUT2D eigenvalue weighted by Crippen LogP contribution is -2.43. The highest BCUT2D eigenvalue weighted by molar-refractivity contribution is 5.13. The number of nitrogens with zero attached hydrogens (tertiary/aromatic N) is 2. The maximum atomic E-state index is 13.0. The van der Waals surface area contributed by atoms with E-state index >= 15 is 0 Å². The van der Waals surface area contributed by atoms with Crippen molar-refractivity contribution in [2.24, 2.45) is 5.92 Å². The Morgan fingerprint density at radius 2 is 1.93 bits per heavy atom. The van der Waals surface area contributed by atoms with Gasteiger partial charge >= 0.3 is 5.69 Å². The summed E-state index contributed by atoms with van der Waals surface area (Å²) < 4.78 is 19.7. The zero-order valence-electron chi connectivity index (χ0n) is 17.0. The van der Waals surface area contributed by atoms with Crippen LogP contribution in [-0.2, 0) is 27.5 Å². The predicted molar refractivity (Wildman–Crippen MR) is 106 cm³/mol. The fourth-order valence-electron chi connectivity index (χ4n) is 3.87. The molecule has 8 nitrogen and oxygen atoms in total. The van der Waals surface area contributed by atoms with Crippen molar-refractivity contribution < 1.29 is 19.3 Å². The summed E-state index contributed by atoms with van der Waals surface area (Å²) >= 11 is 0. The van der Waals surface area contributed by atoms with Crippen LogP contribution in [0.25, 0.3) is 0 Å². The molecule has 2 aromatic rings. The van der Waals surface area contributed by atoms with Gasteiger partial charge in [-0.05, 0) is 12.0 Å². The molecule has 2 heterocycles. The van der Waals surface area contributed by atoms with Gasteiger partial charge in [-0.25, -0.2) is 9.36 Å². The smallest absolute Gasteiger partial charge is 0.335 e. The topological polar surface area (TPSA) is 91.9 Å². The Morgan fingerprint density at radius 3 is 2.55 bits per heavy atom. The Bertz CT molecular complexity index is 919. The van der Waals surface area contributed by atoms with Crippen LogP contribution < -0.4 is 11.2 Å². The van der Waals surface area contributed by atoms with Gasteiger partial charge in [0, 0.05) is 25.3 Å². The lowest BCUT2D eigenvalue weighted by Gasteiger charge is -2.29. The van der Waals surface area contributed by atoms with E-state index in [1.807, 2.05) is 44.2 Å². The van der Waals surface area contributed by atoms with Crippen LogP contribution >= 0.6 is 0 Å². The summed E-state index contributed by atoms with van der Waals surface area (Å²) in [7, 11) is 1.55. The van der Waals surface area contributed by atoms with E-state index in [0.29, 0.717) is 6.42 Å². The van der Waals surface area contributed by atoms with Gasteiger partial charge in [0.05, 0.1) is 18.8 Å². The standard InChI is InChI=1S/C21H28N2O6/c1-4-21(13-24)15(2)18(27-3)19(29-21)22-11-10-17(25)23(20(22)26)14-28-12-16-8-6-5-7-9-16/h5-11,15,18-19,24H,4,12-14H2,1-3H3/t15-,18+,19+,21-/m0/s1. The van der Waals surface area contributed by atoms with Crippen molar-refractivity contribution in [3.05, 3.63) is 69.0 Å². The average molecular weight is 404 g/mol. The first-order chi connectivity index (χ1) is 14.0. The molecule has 0 spiro atoms. The molecule has 0 amide bonds. The van der Waals surface area contributed by atoms with Crippen LogP contribution in [0.1, 0.15) is 32.1 Å². The molecule has 4 atom stereocenters. The van der Waals surface area contributed by atoms with E-state index in [-0.39, 0.29) is 25.9 Å². The second kappa shape index (κ2) is 9.04. The number of aromatic nitrogens is 2. The summed E-state index contributed by atoms with van der Waals surface area (Å²) in [6.07, 6.45) is 0.770. The molecule has 158 valence electrons. The van der Waals surface area contributed by atoms with Gasteiger partial charge in [-0.15, -0.1) is 0 Å². The van der Waals surface area contributed by atoms with Crippen LogP contribution in [0.2, 0.25) is 0 Å². The molecule has 1 aliphatic rings. The molecule has 1 saturated heterocycles. The summed E-state index contributed by atoms with van der Waals surface area (Å²) in [6, 6.07) is 10.8. The number of methoxy groups -OCH3 is 1. The van der Waals surface area contributed by atoms with E-state index in [2.05, 4.69) is 0 Å². The van der Waals surface area contributed by atoms with E-state index in [9.17, 15) is 14.7 Å². The van der Waals surface area contributed by atoms with Crippen LogP contribution in [0, 0.1) is 5.92 Å². The predicted octanol–water partition coefficient (Wildman–Crippen LogP) is 1.51. The number of hydrogen-bond donors (Lipinski definition) is 1. The van der Waals surface area contributed by atoms with Gasteiger partial charge in [0.15, 0.2) is 6.23 Å². The van der Waals surface area contributed by atoms with Gasteiger partial charge in [-0.2, -0.15) is 0 Å². The van der Waals surface area contributed by atoms with Crippen LogP contribution in [0.15, 0.2) is 52.2 Å². The van der Waals surface area contributed by atoms with Crippen molar-refractivity contribution in [2.75, 3.05) is 13.7 Å². The normalized spacial score (nSPS) is 26.7. The maximum absolute atomic E-state index is 13.0. The molecule has 3 rings (SSSR count). The molecule has 29 heavy (non-hydrogen) atoms. The van der Waals surface area contributed by atoms with E-state index in [0.717, 1.165) is 10.1 Å². The van der Waals surface area contributed by atoms with E-state index in [4.69, 9.17) is 14.2 Å². The van der Waals surface area contributed by atoms with Crippen LogP contribution in [0.5, 0.6) is 0 Å². The minimum atomic E-state index is -0.810. The van der Waals surface area contributed by atoms with Gasteiger partial charge < -0.3 is 19.3 Å². The fourth-order valence-corrected chi connectivity index (χ4v) is 3.87. The fraction of sp³-hybridized carbons (Fsp3) is 0.524. The van der Waals surface area contributed by atoms with Gasteiger partial charge in [0.2, 0.25) is 0 Å². The second-order valence-electron chi connectivity index (χ2n) is 7.31. The summed E-state index contributed by atoms with van der Waals surface area (Å²) in [5.41, 5.74) is -0.868. The van der Waals surface area contributed by atoms with Crippen molar-refractivity contribution in [3.63, 3.8) is 0 Å². The lowest BCUT2D eigenvalue weighted by atomic mass is 9.85. The molecule has 1 N–H and O–H groups in total. The molecule has 1 aromatic heterocycles. The van der Waals surface area contributed by atoms with Crippen molar-refractivity contribution >= 4 is 0 Å². The Kier molecular flexibility index (Phi) is 6.69. The van der Waals surface area contributed by atoms with Crippen LogP contribution in [0.4, 0.5) is 0 Å². The summed E-state index contributed by atoms with van der Waals surface area (Å²) in [5, 5.41) is 9.91. The third-order valence-corrected chi connectivity index (χ3v) is 5.80. The number of aliphatic hydroxyl groups excluding tert-OH is 1. The van der Waals surface area contributed by atoms with Gasteiger partial charge in [0.25, 0.3) is 5.56 Å². The molecule has 0 unspecified atom stereocenters. The number of hydrogen-bond acceptors (Lipinski definition) is 6. The van der Waals surface area contributed by atoms with Crippen molar-refractivity contribution in [3.8, 4) is 0 Å². The highest BCUT2D eigenvalue weighted by atomic mass is 16.6. The molecular weight excluding hydrogens is 376 g/mol. The highest BCUT2D eigenvalue weighted by Crippen LogP contribution is 2.44. The van der Waals surface area contributed by atoms with E-state index < -0.39 is 29.2 Å². The number of rotatable bonds is 8. The largest absolute Gasteiger partial charge is 0.393 e. The summed E-state index contributed by atoms with van der Waals surface area (Å²) in [5.74, 6) is -0.144. The maximum Gasteiger partial charge on any atom is 0.335 e. The Hall–Kier alpha value is -2.26. The quantitative estimate of drug-likeness (QED) is 0.717. The highest BCUT2D eigenvalue weighted by Gasteiger charge is 2.52. The molecular formula is C21H28N2O6. The first-order valence-electron chi connectivity index (χ1n) is 9.72. The van der Waals surface area contributed by atoms with Crippen LogP contribution in [-0.4, -0.2) is 39.7 Å². The second-order valence-corrected chi connectivity index (χ2v) is 7.31. The molecule has 0 saturated carbocycles.